The Kier molecular flexibility index (Phi) is 4.74. The first-order valence-electron chi connectivity index (χ1n) is 6.07. The van der Waals surface area contributed by atoms with Crippen molar-refractivity contribution >= 4 is 5.91 Å². The van der Waals surface area contributed by atoms with Crippen LogP contribution in [0.1, 0.15) is 26.7 Å². The zero-order chi connectivity index (χ0) is 12.2. The van der Waals surface area contributed by atoms with Crippen LogP contribution < -0.4 is 5.32 Å². The number of carbonyl (C=O) groups excluding carboxylic acids is 1. The van der Waals surface area contributed by atoms with Gasteiger partial charge in [0.1, 0.15) is 0 Å². The Balaban J connectivity index is 2.63. The minimum Gasteiger partial charge on any atom is -0.395 e. The third kappa shape index (κ3) is 2.95. The van der Waals surface area contributed by atoms with E-state index in [9.17, 15) is 4.79 Å². The first-order chi connectivity index (χ1) is 7.50. The third-order valence-electron chi connectivity index (χ3n) is 3.65. The summed E-state index contributed by atoms with van der Waals surface area (Å²) in [5, 5.41) is 12.2. The molecule has 1 aliphatic heterocycles. The molecule has 0 radical (unpaired) electrons. The lowest BCUT2D eigenvalue weighted by atomic mass is 9.74. The Hall–Kier alpha value is -0.610. The number of carbonyl (C=O) groups is 1. The van der Waals surface area contributed by atoms with E-state index in [4.69, 9.17) is 5.11 Å². The van der Waals surface area contributed by atoms with Crippen LogP contribution in [0.25, 0.3) is 0 Å². The Morgan fingerprint density at radius 2 is 2.25 bits per heavy atom. The average Bonchev–Trinajstić information content (AvgIpc) is 2.29. The molecule has 1 amide bonds. The van der Waals surface area contributed by atoms with Crippen LogP contribution >= 0.6 is 0 Å². The summed E-state index contributed by atoms with van der Waals surface area (Å²) in [5.41, 5.74) is -0.336. The minimum atomic E-state index is -0.336. The van der Waals surface area contributed by atoms with Gasteiger partial charge in [-0.05, 0) is 31.8 Å². The van der Waals surface area contributed by atoms with Crippen LogP contribution in [0.2, 0.25) is 0 Å². The van der Waals surface area contributed by atoms with Crippen molar-refractivity contribution in [2.45, 2.75) is 26.7 Å². The summed E-state index contributed by atoms with van der Waals surface area (Å²) < 4.78 is 0. The van der Waals surface area contributed by atoms with Gasteiger partial charge in [0, 0.05) is 19.0 Å². The van der Waals surface area contributed by atoms with Crippen LogP contribution in [0.15, 0.2) is 0 Å². The fourth-order valence-corrected chi connectivity index (χ4v) is 2.39. The van der Waals surface area contributed by atoms with E-state index in [1.54, 1.807) is 11.9 Å². The first-order valence-corrected chi connectivity index (χ1v) is 6.07. The molecule has 1 saturated heterocycles. The van der Waals surface area contributed by atoms with Crippen molar-refractivity contribution in [1.29, 1.82) is 0 Å². The molecule has 1 aliphatic rings. The Bertz CT molecular complexity index is 235. The number of rotatable bonds is 4. The molecule has 1 unspecified atom stereocenters. The van der Waals surface area contributed by atoms with Gasteiger partial charge in [0.15, 0.2) is 0 Å². The predicted molar refractivity (Wildman–Crippen MR) is 64.1 cm³/mol. The quantitative estimate of drug-likeness (QED) is 0.735. The summed E-state index contributed by atoms with van der Waals surface area (Å²) in [6.45, 7) is 6.46. The number of aliphatic hydroxyl groups is 1. The van der Waals surface area contributed by atoms with Crippen molar-refractivity contribution in [3.8, 4) is 0 Å². The van der Waals surface area contributed by atoms with E-state index in [2.05, 4.69) is 5.32 Å². The molecule has 0 saturated carbocycles. The van der Waals surface area contributed by atoms with Gasteiger partial charge in [-0.15, -0.1) is 0 Å². The normalized spacial score (nSPS) is 21.9. The van der Waals surface area contributed by atoms with E-state index in [1.807, 2.05) is 13.8 Å². The number of aliphatic hydroxyl groups excluding tert-OH is 1. The van der Waals surface area contributed by atoms with Gasteiger partial charge in [0.05, 0.1) is 6.61 Å². The highest BCUT2D eigenvalue weighted by Gasteiger charge is 2.38. The van der Waals surface area contributed by atoms with Crippen LogP contribution in [0, 0.1) is 11.3 Å². The SMILES string of the molecule is CN(CCO)C(=O)C(C)(C)C1CCCNC1. The molecule has 16 heavy (non-hydrogen) atoms. The van der Waals surface area contributed by atoms with Crippen molar-refractivity contribution in [3.63, 3.8) is 0 Å². The smallest absolute Gasteiger partial charge is 0.228 e. The van der Waals surface area contributed by atoms with Gasteiger partial charge in [-0.2, -0.15) is 0 Å². The van der Waals surface area contributed by atoms with Gasteiger partial charge < -0.3 is 15.3 Å². The van der Waals surface area contributed by atoms with Crippen LogP contribution in [0.4, 0.5) is 0 Å². The molecule has 0 aromatic rings. The molecule has 0 spiro atoms. The topological polar surface area (TPSA) is 52.6 Å². The fourth-order valence-electron chi connectivity index (χ4n) is 2.39. The van der Waals surface area contributed by atoms with Gasteiger partial charge in [0.2, 0.25) is 5.91 Å². The molecule has 1 rings (SSSR count). The maximum atomic E-state index is 12.2. The maximum Gasteiger partial charge on any atom is 0.228 e. The van der Waals surface area contributed by atoms with Crippen LogP contribution in [0.3, 0.4) is 0 Å². The zero-order valence-electron chi connectivity index (χ0n) is 10.6. The van der Waals surface area contributed by atoms with Crippen molar-refractivity contribution in [3.05, 3.63) is 0 Å². The molecule has 2 N–H and O–H groups in total. The molecule has 4 heteroatoms. The largest absolute Gasteiger partial charge is 0.395 e. The standard InChI is InChI=1S/C12H24N2O2/c1-12(2,10-5-4-6-13-9-10)11(16)14(3)7-8-15/h10,13,15H,4-9H2,1-3H3. The number of nitrogens with one attached hydrogen (secondary N) is 1. The maximum absolute atomic E-state index is 12.2. The number of hydrogen-bond acceptors (Lipinski definition) is 3. The highest BCUT2D eigenvalue weighted by molar-refractivity contribution is 5.82. The molecule has 94 valence electrons. The second-order valence-electron chi connectivity index (χ2n) is 5.22. The fraction of sp³-hybridized carbons (Fsp3) is 0.917. The highest BCUT2D eigenvalue weighted by Crippen LogP contribution is 2.33. The highest BCUT2D eigenvalue weighted by atomic mass is 16.3. The van der Waals surface area contributed by atoms with E-state index in [0.717, 1.165) is 25.9 Å². The van der Waals surface area contributed by atoms with Gasteiger partial charge in [0.25, 0.3) is 0 Å². The number of likely N-dealkylation sites (N-methyl/N-ethyl adjacent to an activating group) is 1. The number of amides is 1. The third-order valence-corrected chi connectivity index (χ3v) is 3.65. The summed E-state index contributed by atoms with van der Waals surface area (Å²) >= 11 is 0. The Labute approximate surface area is 98.0 Å². The second kappa shape index (κ2) is 5.64. The van der Waals surface area contributed by atoms with Gasteiger partial charge in [-0.25, -0.2) is 0 Å². The lowest BCUT2D eigenvalue weighted by molar-refractivity contribution is -0.142. The van der Waals surface area contributed by atoms with Crippen molar-refractivity contribution in [2.24, 2.45) is 11.3 Å². The molecular weight excluding hydrogens is 204 g/mol. The molecule has 0 aromatic carbocycles. The Morgan fingerprint density at radius 3 is 2.75 bits per heavy atom. The van der Waals surface area contributed by atoms with Crippen LogP contribution in [0.5, 0.6) is 0 Å². The minimum absolute atomic E-state index is 0.0290. The summed E-state index contributed by atoms with van der Waals surface area (Å²) in [6, 6.07) is 0. The summed E-state index contributed by atoms with van der Waals surface area (Å²) in [6.07, 6.45) is 2.25. The predicted octanol–water partition coefficient (Wildman–Crippen LogP) is 0.463. The van der Waals surface area contributed by atoms with Gasteiger partial charge >= 0.3 is 0 Å². The number of nitrogens with zero attached hydrogens (tertiary/aromatic N) is 1. The summed E-state index contributed by atoms with van der Waals surface area (Å²) in [5.74, 6) is 0.533. The Morgan fingerprint density at radius 1 is 1.56 bits per heavy atom. The van der Waals surface area contributed by atoms with Crippen LogP contribution in [-0.4, -0.2) is 49.2 Å². The van der Waals surface area contributed by atoms with E-state index in [1.165, 1.54) is 0 Å². The molecule has 4 nitrogen and oxygen atoms in total. The van der Waals surface area contributed by atoms with E-state index in [0.29, 0.717) is 12.5 Å². The molecular formula is C12H24N2O2. The molecule has 1 fully saturated rings. The molecule has 1 atom stereocenters. The summed E-state index contributed by atoms with van der Waals surface area (Å²) in [4.78, 5) is 13.9. The van der Waals surface area contributed by atoms with Crippen LogP contribution in [-0.2, 0) is 4.79 Å². The lowest BCUT2D eigenvalue weighted by Gasteiger charge is -2.38. The molecule has 0 aromatic heterocycles. The van der Waals surface area contributed by atoms with Crippen molar-refractivity contribution < 1.29 is 9.90 Å². The number of piperidine rings is 1. The van der Waals surface area contributed by atoms with E-state index >= 15 is 0 Å². The second-order valence-corrected chi connectivity index (χ2v) is 5.22. The lowest BCUT2D eigenvalue weighted by Crippen LogP contribution is -2.48. The van der Waals surface area contributed by atoms with Gasteiger partial charge in [-0.1, -0.05) is 13.8 Å². The number of hydrogen-bond donors (Lipinski definition) is 2. The zero-order valence-corrected chi connectivity index (χ0v) is 10.6. The summed E-state index contributed by atoms with van der Waals surface area (Å²) in [7, 11) is 1.76. The average molecular weight is 228 g/mol. The van der Waals surface area contributed by atoms with E-state index in [-0.39, 0.29) is 17.9 Å². The molecule has 0 aliphatic carbocycles. The molecule has 0 bridgehead atoms. The van der Waals surface area contributed by atoms with Crippen molar-refractivity contribution in [1.82, 2.24) is 10.2 Å². The molecule has 1 heterocycles. The van der Waals surface area contributed by atoms with Gasteiger partial charge in [-0.3, -0.25) is 4.79 Å². The van der Waals surface area contributed by atoms with Crippen molar-refractivity contribution in [2.75, 3.05) is 33.3 Å². The van der Waals surface area contributed by atoms with E-state index < -0.39 is 0 Å². The monoisotopic (exact) mass is 228 g/mol. The first kappa shape index (κ1) is 13.5.